The molecule has 78 valence electrons. The maximum atomic E-state index is 8.73. The van der Waals surface area contributed by atoms with E-state index in [0.29, 0.717) is 11.4 Å². The number of aromatic nitrogens is 1. The Labute approximate surface area is 96.6 Å². The first kappa shape index (κ1) is 11.8. The number of rotatable bonds is 4. The molecule has 1 aromatic heterocycles. The maximum Gasteiger partial charge on any atom is 0.140 e. The zero-order valence-electron chi connectivity index (χ0n) is 7.80. The van der Waals surface area contributed by atoms with Crippen molar-refractivity contribution in [2.24, 2.45) is 0 Å². The van der Waals surface area contributed by atoms with Gasteiger partial charge in [-0.3, -0.25) is 0 Å². The molecule has 0 amide bonds. The number of hydrogen-bond acceptors (Lipinski definition) is 3. The first-order valence-corrected chi connectivity index (χ1v) is 5.49. The van der Waals surface area contributed by atoms with E-state index in [4.69, 9.17) is 16.7 Å². The Morgan fingerprint density at radius 2 is 2.43 bits per heavy atom. The molecule has 3 nitrogen and oxygen atoms in total. The van der Waals surface area contributed by atoms with Crippen LogP contribution in [-0.4, -0.2) is 22.7 Å². The Hall–Kier alpha value is -0.320. The third-order valence-electron chi connectivity index (χ3n) is 1.75. The van der Waals surface area contributed by atoms with Crippen molar-refractivity contribution in [3.63, 3.8) is 0 Å². The molecule has 1 rings (SSSR count). The van der Waals surface area contributed by atoms with Gasteiger partial charge in [0.25, 0.3) is 0 Å². The smallest absolute Gasteiger partial charge is 0.140 e. The number of aliphatic hydroxyl groups is 1. The Balaban J connectivity index is 2.67. The van der Waals surface area contributed by atoms with E-state index in [1.807, 2.05) is 6.92 Å². The number of halogens is 2. The van der Waals surface area contributed by atoms with Crippen LogP contribution in [0.3, 0.4) is 0 Å². The van der Waals surface area contributed by atoms with Crippen LogP contribution in [0, 0.1) is 0 Å². The minimum atomic E-state index is 0.166. The van der Waals surface area contributed by atoms with Crippen molar-refractivity contribution in [2.45, 2.75) is 19.4 Å². The van der Waals surface area contributed by atoms with Gasteiger partial charge in [0.2, 0.25) is 0 Å². The van der Waals surface area contributed by atoms with Crippen LogP contribution in [0.15, 0.2) is 16.7 Å². The molecule has 1 heterocycles. The largest absolute Gasteiger partial charge is 0.396 e. The van der Waals surface area contributed by atoms with Crippen molar-refractivity contribution >= 4 is 33.3 Å². The average Bonchev–Trinajstić information content (AvgIpc) is 2.10. The lowest BCUT2D eigenvalue weighted by Crippen LogP contribution is -2.17. The quantitative estimate of drug-likeness (QED) is 0.891. The van der Waals surface area contributed by atoms with Crippen LogP contribution in [0.2, 0.25) is 5.02 Å². The molecule has 1 aromatic rings. The predicted molar refractivity (Wildman–Crippen MR) is 61.7 cm³/mol. The monoisotopic (exact) mass is 278 g/mol. The molecular formula is C9H12BrClN2O. The molecule has 0 saturated carbocycles. The Morgan fingerprint density at radius 1 is 1.71 bits per heavy atom. The van der Waals surface area contributed by atoms with E-state index in [-0.39, 0.29) is 12.6 Å². The standard InChI is InChI=1S/C9H12BrClN2O/c1-6(2-3-14)13-9-8(10)4-7(11)5-12-9/h4-6,14H,2-3H2,1H3,(H,12,13)/t6-/m1/s1. The number of nitrogens with zero attached hydrogens (tertiary/aromatic N) is 1. The van der Waals surface area contributed by atoms with Crippen LogP contribution in [0.5, 0.6) is 0 Å². The number of anilines is 1. The summed E-state index contributed by atoms with van der Waals surface area (Å²) in [6.07, 6.45) is 2.27. The summed E-state index contributed by atoms with van der Waals surface area (Å²) in [7, 11) is 0. The van der Waals surface area contributed by atoms with Crippen molar-refractivity contribution in [3.05, 3.63) is 21.8 Å². The molecule has 1 atom stereocenters. The lowest BCUT2D eigenvalue weighted by Gasteiger charge is -2.14. The van der Waals surface area contributed by atoms with E-state index >= 15 is 0 Å². The minimum absolute atomic E-state index is 0.166. The predicted octanol–water partition coefficient (Wildman–Crippen LogP) is 2.68. The van der Waals surface area contributed by atoms with Gasteiger partial charge in [-0.25, -0.2) is 4.98 Å². The first-order valence-electron chi connectivity index (χ1n) is 4.32. The average molecular weight is 280 g/mol. The molecule has 0 radical (unpaired) electrons. The summed E-state index contributed by atoms with van der Waals surface area (Å²) in [5.74, 6) is 0.746. The van der Waals surface area contributed by atoms with Gasteiger partial charge >= 0.3 is 0 Å². The topological polar surface area (TPSA) is 45.1 Å². The fourth-order valence-corrected chi connectivity index (χ4v) is 1.77. The fraction of sp³-hybridized carbons (Fsp3) is 0.444. The molecule has 14 heavy (non-hydrogen) atoms. The van der Waals surface area contributed by atoms with Crippen molar-refractivity contribution in [2.75, 3.05) is 11.9 Å². The molecule has 5 heteroatoms. The number of pyridine rings is 1. The normalized spacial score (nSPS) is 12.6. The molecule has 0 fully saturated rings. The van der Waals surface area contributed by atoms with Crippen molar-refractivity contribution in [1.29, 1.82) is 0 Å². The van der Waals surface area contributed by atoms with E-state index in [2.05, 4.69) is 26.2 Å². The van der Waals surface area contributed by atoms with Crippen molar-refractivity contribution < 1.29 is 5.11 Å². The summed E-state index contributed by atoms with van der Waals surface area (Å²) in [5, 5.41) is 12.5. The second-order valence-corrected chi connectivity index (χ2v) is 4.33. The minimum Gasteiger partial charge on any atom is -0.396 e. The van der Waals surface area contributed by atoms with Gasteiger partial charge < -0.3 is 10.4 Å². The molecular weight excluding hydrogens is 267 g/mol. The van der Waals surface area contributed by atoms with Crippen LogP contribution in [0.25, 0.3) is 0 Å². The van der Waals surface area contributed by atoms with Gasteiger partial charge in [-0.1, -0.05) is 11.6 Å². The molecule has 0 aliphatic carbocycles. The zero-order chi connectivity index (χ0) is 10.6. The third-order valence-corrected chi connectivity index (χ3v) is 2.56. The van der Waals surface area contributed by atoms with Gasteiger partial charge in [0.1, 0.15) is 5.82 Å². The van der Waals surface area contributed by atoms with E-state index in [1.54, 1.807) is 12.3 Å². The maximum absolute atomic E-state index is 8.73. The van der Waals surface area contributed by atoms with E-state index in [1.165, 1.54) is 0 Å². The number of hydrogen-bond donors (Lipinski definition) is 2. The van der Waals surface area contributed by atoms with Crippen molar-refractivity contribution in [1.82, 2.24) is 4.98 Å². The number of nitrogens with one attached hydrogen (secondary N) is 1. The summed E-state index contributed by atoms with van der Waals surface area (Å²) < 4.78 is 0.829. The SMILES string of the molecule is C[C@H](CCO)Nc1ncc(Cl)cc1Br. The highest BCUT2D eigenvalue weighted by Crippen LogP contribution is 2.23. The molecule has 0 aliphatic heterocycles. The molecule has 0 unspecified atom stereocenters. The summed E-state index contributed by atoms with van der Waals surface area (Å²) in [5.41, 5.74) is 0. The Morgan fingerprint density at radius 3 is 3.00 bits per heavy atom. The van der Waals surface area contributed by atoms with Crippen LogP contribution in [0.4, 0.5) is 5.82 Å². The summed E-state index contributed by atoms with van der Waals surface area (Å²) >= 11 is 9.11. The van der Waals surface area contributed by atoms with E-state index in [0.717, 1.165) is 10.3 Å². The van der Waals surface area contributed by atoms with Crippen LogP contribution in [-0.2, 0) is 0 Å². The molecule has 0 aromatic carbocycles. The summed E-state index contributed by atoms with van der Waals surface area (Å²) in [4.78, 5) is 4.13. The fourth-order valence-electron chi connectivity index (χ4n) is 1.02. The first-order chi connectivity index (χ1) is 6.63. The van der Waals surface area contributed by atoms with Crippen LogP contribution < -0.4 is 5.32 Å². The lowest BCUT2D eigenvalue weighted by molar-refractivity contribution is 0.282. The second-order valence-electron chi connectivity index (χ2n) is 3.04. The van der Waals surface area contributed by atoms with Gasteiger partial charge in [-0.2, -0.15) is 0 Å². The van der Waals surface area contributed by atoms with Gasteiger partial charge in [-0.05, 0) is 35.3 Å². The molecule has 2 N–H and O–H groups in total. The van der Waals surface area contributed by atoms with Gasteiger partial charge in [-0.15, -0.1) is 0 Å². The van der Waals surface area contributed by atoms with Gasteiger partial charge in [0, 0.05) is 18.8 Å². The molecule has 0 spiro atoms. The highest BCUT2D eigenvalue weighted by Gasteiger charge is 2.05. The van der Waals surface area contributed by atoms with Gasteiger partial charge in [0.05, 0.1) is 9.50 Å². The third kappa shape index (κ3) is 3.44. The van der Waals surface area contributed by atoms with Crippen molar-refractivity contribution in [3.8, 4) is 0 Å². The Kier molecular flexibility index (Phi) is 4.65. The summed E-state index contributed by atoms with van der Waals surface area (Å²) in [6.45, 7) is 2.15. The number of aliphatic hydroxyl groups excluding tert-OH is 1. The zero-order valence-corrected chi connectivity index (χ0v) is 10.1. The molecule has 0 bridgehead atoms. The molecule has 0 saturated heterocycles. The lowest BCUT2D eigenvalue weighted by atomic mass is 10.2. The summed E-state index contributed by atoms with van der Waals surface area (Å²) in [6, 6.07) is 1.97. The molecule has 0 aliphatic rings. The Bertz CT molecular complexity index is 309. The highest BCUT2D eigenvalue weighted by molar-refractivity contribution is 9.10. The second kappa shape index (κ2) is 5.53. The van der Waals surface area contributed by atoms with E-state index in [9.17, 15) is 0 Å². The highest BCUT2D eigenvalue weighted by atomic mass is 79.9. The van der Waals surface area contributed by atoms with E-state index < -0.39 is 0 Å². The van der Waals surface area contributed by atoms with Gasteiger partial charge in [0.15, 0.2) is 0 Å². The van der Waals surface area contributed by atoms with Crippen LogP contribution in [0.1, 0.15) is 13.3 Å². The van der Waals surface area contributed by atoms with Crippen LogP contribution >= 0.6 is 27.5 Å².